The van der Waals surface area contributed by atoms with E-state index in [1.807, 2.05) is 0 Å². The second-order valence-corrected chi connectivity index (χ2v) is 8.62. The van der Waals surface area contributed by atoms with Crippen molar-refractivity contribution in [3.63, 3.8) is 0 Å². The number of carbonyl (C=O) groups is 1. The number of nitrogens with one attached hydrogen (secondary N) is 1. The third-order valence-electron chi connectivity index (χ3n) is 4.64. The quantitative estimate of drug-likeness (QED) is 0.702. The van der Waals surface area contributed by atoms with Crippen LogP contribution in [0.25, 0.3) is 0 Å². The minimum Gasteiger partial charge on any atom is -0.433 e. The average Bonchev–Trinajstić information content (AvgIpc) is 3.24. The molecule has 156 valence electrons. The normalized spacial score (nSPS) is 14.9. The molecule has 0 spiro atoms. The van der Waals surface area contributed by atoms with Gasteiger partial charge in [0.25, 0.3) is 0 Å². The van der Waals surface area contributed by atoms with E-state index in [1.54, 1.807) is 30.3 Å². The number of hydrogen-bond acceptors (Lipinski definition) is 4. The third kappa shape index (κ3) is 5.51. The SMILES string of the molecule is O=C(CCc1ccc(S(=O)(=O)N2CCCC2)cc1)Nc1ccccc1OC(F)F. The first-order valence-corrected chi connectivity index (χ1v) is 10.7. The maximum atomic E-state index is 12.5. The Morgan fingerprint density at radius 3 is 2.38 bits per heavy atom. The average molecular weight is 424 g/mol. The van der Waals surface area contributed by atoms with Crippen LogP contribution < -0.4 is 10.1 Å². The predicted molar refractivity (Wildman–Crippen MR) is 104 cm³/mol. The van der Waals surface area contributed by atoms with E-state index in [9.17, 15) is 22.0 Å². The summed E-state index contributed by atoms with van der Waals surface area (Å²) in [6.07, 6.45) is 2.24. The van der Waals surface area contributed by atoms with Gasteiger partial charge in [-0.3, -0.25) is 4.79 Å². The standard InChI is InChI=1S/C20H22F2N2O4S/c21-20(22)28-18-6-2-1-5-17(18)23-19(25)12-9-15-7-10-16(11-8-15)29(26,27)24-13-3-4-14-24/h1-2,5-8,10-11,20H,3-4,9,12-14H2,(H,23,25). The minimum atomic E-state index is -3.46. The molecule has 6 nitrogen and oxygen atoms in total. The maximum absolute atomic E-state index is 12.5. The molecule has 1 N–H and O–H groups in total. The van der Waals surface area contributed by atoms with Gasteiger partial charge in [0.15, 0.2) is 0 Å². The summed E-state index contributed by atoms with van der Waals surface area (Å²) in [6, 6.07) is 12.4. The summed E-state index contributed by atoms with van der Waals surface area (Å²) < 4.78 is 55.8. The molecule has 0 atom stereocenters. The second-order valence-electron chi connectivity index (χ2n) is 6.68. The van der Waals surface area contributed by atoms with Gasteiger partial charge in [-0.05, 0) is 49.1 Å². The van der Waals surface area contributed by atoms with Crippen LogP contribution in [0.2, 0.25) is 0 Å². The lowest BCUT2D eigenvalue weighted by atomic mass is 10.1. The smallest absolute Gasteiger partial charge is 0.387 e. The lowest BCUT2D eigenvalue weighted by Gasteiger charge is -2.15. The summed E-state index contributed by atoms with van der Waals surface area (Å²) in [5.41, 5.74) is 0.975. The molecule has 0 saturated carbocycles. The Labute approximate surface area is 168 Å². The van der Waals surface area contributed by atoms with Crippen molar-refractivity contribution in [1.29, 1.82) is 0 Å². The number of sulfonamides is 1. The minimum absolute atomic E-state index is 0.104. The summed E-state index contributed by atoms with van der Waals surface area (Å²) in [7, 11) is -3.46. The Hall–Kier alpha value is -2.52. The number of anilines is 1. The number of alkyl halides is 2. The molecule has 2 aromatic carbocycles. The molecule has 3 rings (SSSR count). The summed E-state index contributed by atoms with van der Waals surface area (Å²) in [5.74, 6) is -0.462. The number of nitrogens with zero attached hydrogens (tertiary/aromatic N) is 1. The molecule has 1 fully saturated rings. The van der Waals surface area contributed by atoms with Crippen LogP contribution in [-0.2, 0) is 21.2 Å². The van der Waals surface area contributed by atoms with Crippen LogP contribution in [-0.4, -0.2) is 38.3 Å². The fourth-order valence-electron chi connectivity index (χ4n) is 3.14. The highest BCUT2D eigenvalue weighted by Gasteiger charge is 2.26. The maximum Gasteiger partial charge on any atom is 0.387 e. The topological polar surface area (TPSA) is 75.7 Å². The van der Waals surface area contributed by atoms with Crippen molar-refractivity contribution < 1.29 is 26.7 Å². The first kappa shape index (κ1) is 21.2. The number of aryl methyl sites for hydroxylation is 1. The van der Waals surface area contributed by atoms with Gasteiger partial charge in [-0.15, -0.1) is 0 Å². The van der Waals surface area contributed by atoms with Gasteiger partial charge < -0.3 is 10.1 Å². The van der Waals surface area contributed by atoms with Gasteiger partial charge in [0.2, 0.25) is 15.9 Å². The molecule has 1 amide bonds. The highest BCUT2D eigenvalue weighted by molar-refractivity contribution is 7.89. The first-order valence-electron chi connectivity index (χ1n) is 9.29. The lowest BCUT2D eigenvalue weighted by Crippen LogP contribution is -2.27. The number of hydrogen-bond donors (Lipinski definition) is 1. The van der Waals surface area contributed by atoms with Crippen molar-refractivity contribution in [2.24, 2.45) is 0 Å². The van der Waals surface area contributed by atoms with Crippen molar-refractivity contribution in [2.45, 2.75) is 37.2 Å². The van der Waals surface area contributed by atoms with Gasteiger partial charge in [0, 0.05) is 19.5 Å². The van der Waals surface area contributed by atoms with Crippen LogP contribution in [0.15, 0.2) is 53.4 Å². The molecule has 0 radical (unpaired) electrons. The van der Waals surface area contributed by atoms with Crippen molar-refractivity contribution >= 4 is 21.6 Å². The zero-order chi connectivity index (χ0) is 20.9. The van der Waals surface area contributed by atoms with E-state index < -0.39 is 16.6 Å². The fourth-order valence-corrected chi connectivity index (χ4v) is 4.66. The Morgan fingerprint density at radius 1 is 1.07 bits per heavy atom. The number of rotatable bonds is 8. The van der Waals surface area contributed by atoms with Gasteiger partial charge in [0.05, 0.1) is 10.6 Å². The zero-order valence-corrected chi connectivity index (χ0v) is 16.5. The predicted octanol–water partition coefficient (Wildman–Crippen LogP) is 3.64. The first-order chi connectivity index (χ1) is 13.9. The molecular weight excluding hydrogens is 402 g/mol. The molecule has 1 aliphatic heterocycles. The van der Waals surface area contributed by atoms with Gasteiger partial charge in [-0.25, -0.2) is 8.42 Å². The van der Waals surface area contributed by atoms with E-state index in [-0.39, 0.29) is 28.7 Å². The lowest BCUT2D eigenvalue weighted by molar-refractivity contribution is -0.116. The zero-order valence-electron chi connectivity index (χ0n) is 15.7. The molecule has 0 bridgehead atoms. The van der Waals surface area contributed by atoms with Crippen LogP contribution in [0.1, 0.15) is 24.8 Å². The number of halogens is 2. The van der Waals surface area contributed by atoms with E-state index in [0.717, 1.165) is 18.4 Å². The highest BCUT2D eigenvalue weighted by Crippen LogP contribution is 2.26. The number of para-hydroxylation sites is 2. The van der Waals surface area contributed by atoms with Crippen molar-refractivity contribution in [2.75, 3.05) is 18.4 Å². The van der Waals surface area contributed by atoms with E-state index in [4.69, 9.17) is 0 Å². The molecule has 1 heterocycles. The largest absolute Gasteiger partial charge is 0.433 e. The Kier molecular flexibility index (Phi) is 6.81. The van der Waals surface area contributed by atoms with E-state index in [1.165, 1.54) is 22.5 Å². The molecule has 2 aromatic rings. The Balaban J connectivity index is 1.57. The molecule has 9 heteroatoms. The number of ether oxygens (including phenoxy) is 1. The Bertz CT molecular complexity index is 943. The van der Waals surface area contributed by atoms with Crippen LogP contribution in [0, 0.1) is 0 Å². The second kappa shape index (κ2) is 9.32. The van der Waals surface area contributed by atoms with Gasteiger partial charge in [-0.1, -0.05) is 24.3 Å². The fraction of sp³-hybridized carbons (Fsp3) is 0.350. The third-order valence-corrected chi connectivity index (χ3v) is 6.56. The number of amides is 1. The van der Waals surface area contributed by atoms with E-state index >= 15 is 0 Å². The molecule has 29 heavy (non-hydrogen) atoms. The van der Waals surface area contributed by atoms with Crippen LogP contribution in [0.5, 0.6) is 5.75 Å². The summed E-state index contributed by atoms with van der Waals surface area (Å²) in [5, 5.41) is 2.56. The van der Waals surface area contributed by atoms with Crippen LogP contribution in [0.4, 0.5) is 14.5 Å². The molecule has 0 aromatic heterocycles. The van der Waals surface area contributed by atoms with E-state index in [2.05, 4.69) is 10.1 Å². The van der Waals surface area contributed by atoms with Gasteiger partial charge in [-0.2, -0.15) is 13.1 Å². The van der Waals surface area contributed by atoms with Crippen molar-refractivity contribution in [3.8, 4) is 5.75 Å². The Morgan fingerprint density at radius 2 is 1.72 bits per heavy atom. The highest BCUT2D eigenvalue weighted by atomic mass is 32.2. The molecular formula is C20H22F2N2O4S. The van der Waals surface area contributed by atoms with Crippen molar-refractivity contribution in [3.05, 3.63) is 54.1 Å². The molecule has 0 unspecified atom stereocenters. The molecule has 0 aliphatic carbocycles. The van der Waals surface area contributed by atoms with Crippen LogP contribution >= 0.6 is 0 Å². The number of benzene rings is 2. The summed E-state index contributed by atoms with van der Waals surface area (Å²) in [4.78, 5) is 12.4. The number of carbonyl (C=O) groups excluding carboxylic acids is 1. The van der Waals surface area contributed by atoms with Crippen molar-refractivity contribution in [1.82, 2.24) is 4.31 Å². The molecule has 1 aliphatic rings. The van der Waals surface area contributed by atoms with Gasteiger partial charge in [0.1, 0.15) is 5.75 Å². The van der Waals surface area contributed by atoms with E-state index in [0.29, 0.717) is 19.5 Å². The van der Waals surface area contributed by atoms with Gasteiger partial charge >= 0.3 is 6.61 Å². The molecule has 1 saturated heterocycles. The summed E-state index contributed by atoms with van der Waals surface area (Å²) >= 11 is 0. The van der Waals surface area contributed by atoms with Crippen LogP contribution in [0.3, 0.4) is 0 Å². The summed E-state index contributed by atoms with van der Waals surface area (Å²) in [6.45, 7) is -1.90. The monoisotopic (exact) mass is 424 g/mol.